The highest BCUT2D eigenvalue weighted by atomic mass is 79.9. The van der Waals surface area contributed by atoms with Crippen LogP contribution in [-0.2, 0) is 12.4 Å². The standard InChI is InChI=1S/C13H11BrClNOS/c14-12-5-4-11(18-12)13(17)16-8-10-3-1-2-9(6-10)7-15/h1-6H,7-8H2,(H,16,17). The molecule has 0 aliphatic heterocycles. The van der Waals surface area contributed by atoms with Crippen molar-refractivity contribution in [3.63, 3.8) is 0 Å². The molecule has 18 heavy (non-hydrogen) atoms. The second kappa shape index (κ2) is 6.36. The zero-order valence-corrected chi connectivity index (χ0v) is 12.6. The highest BCUT2D eigenvalue weighted by molar-refractivity contribution is 9.11. The maximum atomic E-state index is 11.8. The summed E-state index contributed by atoms with van der Waals surface area (Å²) in [5.74, 6) is 0.432. The van der Waals surface area contributed by atoms with Crippen molar-refractivity contribution in [2.24, 2.45) is 0 Å². The van der Waals surface area contributed by atoms with Gasteiger partial charge >= 0.3 is 0 Å². The van der Waals surface area contributed by atoms with Crippen LogP contribution in [0.5, 0.6) is 0 Å². The van der Waals surface area contributed by atoms with Crippen LogP contribution in [0.1, 0.15) is 20.8 Å². The molecule has 1 aromatic heterocycles. The van der Waals surface area contributed by atoms with Gasteiger partial charge in [0.15, 0.2) is 0 Å². The SMILES string of the molecule is O=C(NCc1cccc(CCl)c1)c1ccc(Br)s1. The van der Waals surface area contributed by atoms with E-state index in [0.29, 0.717) is 17.3 Å². The van der Waals surface area contributed by atoms with E-state index in [-0.39, 0.29) is 5.91 Å². The predicted octanol–water partition coefficient (Wildman–Crippen LogP) is 4.18. The minimum absolute atomic E-state index is 0.0537. The third-order valence-electron chi connectivity index (χ3n) is 2.40. The van der Waals surface area contributed by atoms with Crippen LogP contribution >= 0.6 is 38.9 Å². The summed E-state index contributed by atoms with van der Waals surface area (Å²) in [7, 11) is 0. The molecule has 2 rings (SSSR count). The van der Waals surface area contributed by atoms with Gasteiger partial charge in [-0.2, -0.15) is 0 Å². The molecular weight excluding hydrogens is 334 g/mol. The molecule has 0 bridgehead atoms. The lowest BCUT2D eigenvalue weighted by Crippen LogP contribution is -2.21. The summed E-state index contributed by atoms with van der Waals surface area (Å²) < 4.78 is 0.955. The number of hydrogen-bond acceptors (Lipinski definition) is 2. The van der Waals surface area contributed by atoms with Crippen molar-refractivity contribution in [3.8, 4) is 0 Å². The summed E-state index contributed by atoms with van der Waals surface area (Å²) in [6.45, 7) is 0.513. The van der Waals surface area contributed by atoms with Crippen molar-refractivity contribution in [1.29, 1.82) is 0 Å². The normalized spacial score (nSPS) is 10.3. The van der Waals surface area contributed by atoms with Crippen molar-refractivity contribution >= 4 is 44.8 Å². The molecule has 0 aliphatic carbocycles. The zero-order chi connectivity index (χ0) is 13.0. The molecule has 94 valence electrons. The lowest BCUT2D eigenvalue weighted by Gasteiger charge is -2.05. The third kappa shape index (κ3) is 3.57. The molecular formula is C13H11BrClNOS. The van der Waals surface area contributed by atoms with Gasteiger partial charge in [0.1, 0.15) is 0 Å². The van der Waals surface area contributed by atoms with Crippen LogP contribution in [0.4, 0.5) is 0 Å². The number of halogens is 2. The van der Waals surface area contributed by atoms with Crippen LogP contribution in [0.15, 0.2) is 40.2 Å². The van der Waals surface area contributed by atoms with Crippen molar-refractivity contribution in [2.45, 2.75) is 12.4 Å². The van der Waals surface area contributed by atoms with E-state index in [9.17, 15) is 4.79 Å². The number of alkyl halides is 1. The topological polar surface area (TPSA) is 29.1 Å². The van der Waals surface area contributed by atoms with Gasteiger partial charge in [0.25, 0.3) is 5.91 Å². The second-order valence-electron chi connectivity index (χ2n) is 3.74. The van der Waals surface area contributed by atoms with E-state index in [4.69, 9.17) is 11.6 Å². The molecule has 0 radical (unpaired) electrons. The maximum absolute atomic E-state index is 11.8. The Bertz CT molecular complexity index is 555. The number of amides is 1. The highest BCUT2D eigenvalue weighted by Gasteiger charge is 2.07. The minimum Gasteiger partial charge on any atom is -0.347 e. The molecule has 5 heteroatoms. The number of carbonyl (C=O) groups is 1. The first kappa shape index (κ1) is 13.6. The first-order valence-corrected chi connectivity index (χ1v) is 7.51. The van der Waals surface area contributed by atoms with Crippen LogP contribution in [0.3, 0.4) is 0 Å². The van der Waals surface area contributed by atoms with Crippen molar-refractivity contribution in [2.75, 3.05) is 0 Å². The maximum Gasteiger partial charge on any atom is 0.261 e. The monoisotopic (exact) mass is 343 g/mol. The summed E-state index contributed by atoms with van der Waals surface area (Å²) >= 11 is 10.5. The van der Waals surface area contributed by atoms with Gasteiger partial charge in [-0.25, -0.2) is 0 Å². The molecule has 0 unspecified atom stereocenters. The Morgan fingerprint density at radius 2 is 2.06 bits per heavy atom. The molecule has 0 aliphatic rings. The molecule has 1 amide bonds. The largest absolute Gasteiger partial charge is 0.347 e. The van der Waals surface area contributed by atoms with Gasteiger partial charge in [0.2, 0.25) is 0 Å². The average molecular weight is 345 g/mol. The lowest BCUT2D eigenvalue weighted by molar-refractivity contribution is 0.0955. The Kier molecular flexibility index (Phi) is 4.80. The van der Waals surface area contributed by atoms with Crippen LogP contribution in [-0.4, -0.2) is 5.91 Å². The zero-order valence-electron chi connectivity index (χ0n) is 9.45. The number of benzene rings is 1. The first-order chi connectivity index (χ1) is 8.69. The number of thiophene rings is 1. The molecule has 2 nitrogen and oxygen atoms in total. The summed E-state index contributed by atoms with van der Waals surface area (Å²) in [5.41, 5.74) is 2.11. The molecule has 0 spiro atoms. The van der Waals surface area contributed by atoms with Gasteiger partial charge in [-0.1, -0.05) is 24.3 Å². The smallest absolute Gasteiger partial charge is 0.261 e. The van der Waals surface area contributed by atoms with E-state index in [0.717, 1.165) is 14.9 Å². The van der Waals surface area contributed by atoms with Gasteiger partial charge in [0.05, 0.1) is 8.66 Å². The fraction of sp³-hybridized carbons (Fsp3) is 0.154. The minimum atomic E-state index is -0.0537. The quantitative estimate of drug-likeness (QED) is 0.828. The lowest BCUT2D eigenvalue weighted by atomic mass is 10.1. The van der Waals surface area contributed by atoms with Gasteiger partial charge in [-0.3, -0.25) is 4.79 Å². The summed E-state index contributed by atoms with van der Waals surface area (Å²) in [5, 5.41) is 2.89. The summed E-state index contributed by atoms with van der Waals surface area (Å²) in [6.07, 6.45) is 0. The Balaban J connectivity index is 1.97. The molecule has 2 aromatic rings. The molecule has 0 saturated heterocycles. The van der Waals surface area contributed by atoms with Crippen LogP contribution in [0.25, 0.3) is 0 Å². The van der Waals surface area contributed by atoms with Crippen molar-refractivity contribution in [3.05, 3.63) is 56.2 Å². The third-order valence-corrected chi connectivity index (χ3v) is 4.33. The molecule has 0 fully saturated rings. The fourth-order valence-corrected chi connectivity index (χ4v) is 3.00. The Morgan fingerprint density at radius 3 is 2.72 bits per heavy atom. The van der Waals surface area contributed by atoms with E-state index >= 15 is 0 Å². The second-order valence-corrected chi connectivity index (χ2v) is 6.47. The Morgan fingerprint density at radius 1 is 1.28 bits per heavy atom. The van der Waals surface area contributed by atoms with Crippen molar-refractivity contribution < 1.29 is 4.79 Å². The van der Waals surface area contributed by atoms with E-state index in [1.54, 1.807) is 6.07 Å². The molecule has 1 aromatic carbocycles. The van der Waals surface area contributed by atoms with Crippen molar-refractivity contribution in [1.82, 2.24) is 5.32 Å². The molecule has 0 saturated carbocycles. The highest BCUT2D eigenvalue weighted by Crippen LogP contribution is 2.21. The summed E-state index contributed by atoms with van der Waals surface area (Å²) in [4.78, 5) is 12.5. The van der Waals surface area contributed by atoms with Gasteiger partial charge in [-0.05, 0) is 39.2 Å². The van der Waals surface area contributed by atoms with E-state index < -0.39 is 0 Å². The average Bonchev–Trinajstić information content (AvgIpc) is 2.83. The van der Waals surface area contributed by atoms with Gasteiger partial charge in [0, 0.05) is 12.4 Å². The number of nitrogens with one attached hydrogen (secondary N) is 1. The van der Waals surface area contributed by atoms with Crippen LogP contribution in [0, 0.1) is 0 Å². The summed E-state index contributed by atoms with van der Waals surface area (Å²) in [6, 6.07) is 11.6. The number of hydrogen-bond donors (Lipinski definition) is 1. The van der Waals surface area contributed by atoms with Crippen LogP contribution < -0.4 is 5.32 Å². The predicted molar refractivity (Wildman–Crippen MR) is 79.2 cm³/mol. The van der Waals surface area contributed by atoms with E-state index in [1.807, 2.05) is 30.3 Å². The fourth-order valence-electron chi connectivity index (χ4n) is 1.53. The Labute approximate surface area is 123 Å². The van der Waals surface area contributed by atoms with Crippen LogP contribution in [0.2, 0.25) is 0 Å². The van der Waals surface area contributed by atoms with Gasteiger partial charge in [-0.15, -0.1) is 22.9 Å². The van der Waals surface area contributed by atoms with Gasteiger partial charge < -0.3 is 5.32 Å². The van der Waals surface area contributed by atoms with E-state index in [2.05, 4.69) is 21.2 Å². The molecule has 0 atom stereocenters. The first-order valence-electron chi connectivity index (χ1n) is 5.36. The molecule has 1 heterocycles. The molecule has 1 N–H and O–H groups in total. The Hall–Kier alpha value is -0.840. The number of carbonyl (C=O) groups excluding carboxylic acids is 1. The number of rotatable bonds is 4. The van der Waals surface area contributed by atoms with E-state index in [1.165, 1.54) is 11.3 Å².